The maximum Gasteiger partial charge on any atom is 0.433 e. The number of aryl methyl sites for hydroxylation is 1. The van der Waals surface area contributed by atoms with Crippen LogP contribution in [0.3, 0.4) is 0 Å². The lowest BCUT2D eigenvalue weighted by molar-refractivity contribution is -0.143. The summed E-state index contributed by atoms with van der Waals surface area (Å²) in [7, 11) is -2.68. The second kappa shape index (κ2) is 6.95. The summed E-state index contributed by atoms with van der Waals surface area (Å²) in [5.41, 5.74) is -2.06. The minimum Gasteiger partial charge on any atom is -0.276 e. The molecule has 0 radical (unpaired) electrons. The highest BCUT2D eigenvalue weighted by Gasteiger charge is 2.35. The van der Waals surface area contributed by atoms with E-state index in [-0.39, 0.29) is 22.8 Å². The molecule has 1 aliphatic rings. The Morgan fingerprint density at radius 3 is 2.61 bits per heavy atom. The lowest BCUT2D eigenvalue weighted by atomic mass is 10.1. The number of nitrogens with zero attached hydrogens (tertiary/aromatic N) is 5. The Bertz CT molecular complexity index is 1210. The average molecular weight is 480 g/mol. The summed E-state index contributed by atoms with van der Waals surface area (Å²) < 4.78 is 68.7. The van der Waals surface area contributed by atoms with Crippen molar-refractivity contribution in [2.75, 3.05) is 5.75 Å². The second-order valence-corrected chi connectivity index (χ2v) is 8.68. The summed E-state index contributed by atoms with van der Waals surface area (Å²) in [6.07, 6.45) is -1.90. The van der Waals surface area contributed by atoms with Crippen molar-refractivity contribution >= 4 is 43.5 Å². The molecule has 1 unspecified atom stereocenters. The number of hydrogen-bond acceptors (Lipinski definition) is 5. The zero-order chi connectivity index (χ0) is 20.9. The van der Waals surface area contributed by atoms with Crippen molar-refractivity contribution < 1.29 is 21.6 Å². The largest absolute Gasteiger partial charge is 0.433 e. The first-order valence-electron chi connectivity index (χ1n) is 7.83. The van der Waals surface area contributed by atoms with E-state index in [2.05, 4.69) is 30.3 Å². The molecule has 1 aliphatic heterocycles. The van der Waals surface area contributed by atoms with E-state index in [0.717, 1.165) is 23.7 Å². The van der Waals surface area contributed by atoms with Gasteiger partial charge < -0.3 is 0 Å². The maximum atomic E-state index is 13.1. The lowest BCUT2D eigenvalue weighted by Crippen LogP contribution is -2.25. The number of hydrogen-bond donors (Lipinski definition) is 0. The number of sulfonamides is 1. The van der Waals surface area contributed by atoms with Gasteiger partial charge in [-0.3, -0.25) is 14.5 Å². The van der Waals surface area contributed by atoms with Crippen LogP contribution in [0.1, 0.15) is 24.4 Å². The summed E-state index contributed by atoms with van der Waals surface area (Å²) in [4.78, 5) is 20.6. The Hall–Kier alpha value is -2.28. The van der Waals surface area contributed by atoms with Gasteiger partial charge >= 0.3 is 6.18 Å². The third-order valence-corrected chi connectivity index (χ3v) is 5.60. The highest BCUT2D eigenvalue weighted by molar-refractivity contribution is 9.12. The quantitative estimate of drug-likeness (QED) is 0.673. The van der Waals surface area contributed by atoms with Crippen molar-refractivity contribution in [3.8, 4) is 0 Å². The van der Waals surface area contributed by atoms with E-state index in [0.29, 0.717) is 9.16 Å². The van der Waals surface area contributed by atoms with E-state index in [1.54, 1.807) is 0 Å². The Morgan fingerprint density at radius 2 is 2.00 bits per heavy atom. The first-order valence-corrected chi connectivity index (χ1v) is 10.2. The number of halogens is 4. The molecule has 0 N–H and O–H groups in total. The maximum absolute atomic E-state index is 13.1. The van der Waals surface area contributed by atoms with Crippen LogP contribution < -0.4 is 5.56 Å². The molecule has 150 valence electrons. The molecule has 0 amide bonds. The fraction of sp³-hybridized carbons (Fsp3) is 0.333. The van der Waals surface area contributed by atoms with Crippen LogP contribution in [0, 0.1) is 0 Å². The summed E-state index contributed by atoms with van der Waals surface area (Å²) >= 11 is 3.17. The van der Waals surface area contributed by atoms with Crippen molar-refractivity contribution in [2.24, 2.45) is 16.4 Å². The highest BCUT2D eigenvalue weighted by atomic mass is 79.9. The summed E-state index contributed by atoms with van der Waals surface area (Å²) in [6.45, 7) is 1.42. The second-order valence-electron chi connectivity index (χ2n) is 5.84. The van der Waals surface area contributed by atoms with E-state index < -0.39 is 33.5 Å². The van der Waals surface area contributed by atoms with Crippen LogP contribution in [-0.4, -0.2) is 40.3 Å². The number of aliphatic imine (C=N–C) groups is 1. The fourth-order valence-corrected chi connectivity index (χ4v) is 3.60. The number of fused-ring (bicyclic) bond motifs is 1. The molecule has 0 spiro atoms. The fourth-order valence-electron chi connectivity index (χ4n) is 2.65. The van der Waals surface area contributed by atoms with Gasteiger partial charge in [-0.15, -0.1) is 0 Å². The predicted molar refractivity (Wildman–Crippen MR) is 101 cm³/mol. The summed E-state index contributed by atoms with van der Waals surface area (Å²) in [6, 6.07) is 0.703. The molecular weight excluding hydrogens is 467 g/mol. The standard InChI is InChI=1S/C15H13BrF3N5O3S/c1-3-28(26,27)22-10-4-8(16)7-20-14(10)9-5-13(25)24-12(21-9)6-11(23(24)2)15(17,18)19/h4-7,14H,3H2,1-2H3. The zero-order valence-electron chi connectivity index (χ0n) is 14.5. The molecule has 2 aromatic rings. The van der Waals surface area contributed by atoms with E-state index in [4.69, 9.17) is 0 Å². The highest BCUT2D eigenvalue weighted by Crippen LogP contribution is 2.30. The molecule has 0 saturated heterocycles. The van der Waals surface area contributed by atoms with Crippen LogP contribution >= 0.6 is 15.9 Å². The number of aromatic nitrogens is 3. The van der Waals surface area contributed by atoms with Crippen LogP contribution in [0.25, 0.3) is 5.65 Å². The van der Waals surface area contributed by atoms with Gasteiger partial charge in [0.05, 0.1) is 17.2 Å². The van der Waals surface area contributed by atoms with Gasteiger partial charge in [-0.05, 0) is 28.9 Å². The first kappa shape index (κ1) is 20.5. The monoisotopic (exact) mass is 479 g/mol. The van der Waals surface area contributed by atoms with Gasteiger partial charge in [0.15, 0.2) is 5.65 Å². The summed E-state index contributed by atoms with van der Waals surface area (Å²) in [5.74, 6) is -0.249. The van der Waals surface area contributed by atoms with Gasteiger partial charge in [0.1, 0.15) is 11.7 Å². The zero-order valence-corrected chi connectivity index (χ0v) is 16.9. The normalized spacial score (nSPS) is 19.4. The third kappa shape index (κ3) is 3.81. The van der Waals surface area contributed by atoms with Gasteiger partial charge in [-0.1, -0.05) is 0 Å². The van der Waals surface area contributed by atoms with Crippen LogP contribution in [0.2, 0.25) is 0 Å². The van der Waals surface area contributed by atoms with Crippen LogP contribution in [0.15, 0.2) is 36.9 Å². The molecule has 28 heavy (non-hydrogen) atoms. The SMILES string of the molecule is CCS(=O)(=O)N=C1C=C(Br)C=NC1c1cc(=O)n2c(cc(C(F)(F)F)n2C)n1. The smallest absolute Gasteiger partial charge is 0.276 e. The van der Waals surface area contributed by atoms with Gasteiger partial charge in [-0.25, -0.2) is 13.4 Å². The molecule has 8 nitrogen and oxygen atoms in total. The Balaban J connectivity index is 2.20. The minimum absolute atomic E-state index is 0.000508. The van der Waals surface area contributed by atoms with Crippen molar-refractivity contribution in [3.63, 3.8) is 0 Å². The van der Waals surface area contributed by atoms with Gasteiger partial charge in [0, 0.05) is 29.9 Å². The predicted octanol–water partition coefficient (Wildman–Crippen LogP) is 2.25. The number of rotatable bonds is 3. The van der Waals surface area contributed by atoms with Gasteiger partial charge in [0.25, 0.3) is 15.6 Å². The molecule has 0 bridgehead atoms. The van der Waals surface area contributed by atoms with Crippen molar-refractivity contribution in [3.05, 3.63) is 44.4 Å². The van der Waals surface area contributed by atoms with Gasteiger partial charge in [0.2, 0.25) is 0 Å². The molecule has 1 atom stereocenters. The lowest BCUT2D eigenvalue weighted by Gasteiger charge is -2.16. The Labute approximate surface area is 165 Å². The molecule has 3 rings (SSSR count). The van der Waals surface area contributed by atoms with Crippen molar-refractivity contribution in [2.45, 2.75) is 19.1 Å². The van der Waals surface area contributed by atoms with Crippen molar-refractivity contribution in [1.29, 1.82) is 0 Å². The molecule has 0 aliphatic carbocycles. The van der Waals surface area contributed by atoms with E-state index in [9.17, 15) is 26.4 Å². The summed E-state index contributed by atoms with van der Waals surface area (Å²) in [5, 5.41) is 0. The van der Waals surface area contributed by atoms with E-state index in [1.807, 2.05) is 0 Å². The molecule has 3 heterocycles. The van der Waals surface area contributed by atoms with E-state index >= 15 is 0 Å². The molecule has 0 fully saturated rings. The van der Waals surface area contributed by atoms with Crippen LogP contribution in [-0.2, 0) is 23.2 Å². The van der Waals surface area contributed by atoms with Crippen LogP contribution in [0.4, 0.5) is 13.2 Å². The Morgan fingerprint density at radius 1 is 1.32 bits per heavy atom. The molecular formula is C15H13BrF3N5O3S. The van der Waals surface area contributed by atoms with Gasteiger partial charge in [-0.2, -0.15) is 22.1 Å². The Kier molecular flexibility index (Phi) is 5.08. The number of allylic oxidation sites excluding steroid dienone is 1. The average Bonchev–Trinajstić information content (AvgIpc) is 2.92. The first-order chi connectivity index (χ1) is 12.9. The molecule has 0 aromatic carbocycles. The minimum atomic E-state index is -4.67. The van der Waals surface area contributed by atoms with E-state index in [1.165, 1.54) is 19.2 Å². The molecule has 0 saturated carbocycles. The molecule has 2 aromatic heterocycles. The van der Waals surface area contributed by atoms with Crippen LogP contribution in [0.5, 0.6) is 0 Å². The molecule has 13 heteroatoms. The number of dihydropyridines is 1. The third-order valence-electron chi connectivity index (χ3n) is 3.95. The van der Waals surface area contributed by atoms with Crippen molar-refractivity contribution in [1.82, 2.24) is 14.2 Å². The topological polar surface area (TPSA) is 98.2 Å². The number of alkyl halides is 3.